The first-order valence-electron chi connectivity index (χ1n) is 8.41. The van der Waals surface area contributed by atoms with Gasteiger partial charge in [0.2, 0.25) is 0 Å². The lowest BCUT2D eigenvalue weighted by molar-refractivity contribution is -0.0107. The van der Waals surface area contributed by atoms with Gasteiger partial charge in [-0.15, -0.1) is 0 Å². The van der Waals surface area contributed by atoms with Crippen LogP contribution in [0.2, 0.25) is 0 Å². The summed E-state index contributed by atoms with van der Waals surface area (Å²) in [6.07, 6.45) is 0. The smallest absolute Gasteiger partial charge is 0.123 e. The van der Waals surface area contributed by atoms with E-state index in [1.807, 2.05) is 37.3 Å². The zero-order valence-corrected chi connectivity index (χ0v) is 14.0. The van der Waals surface area contributed by atoms with Gasteiger partial charge in [0, 0.05) is 25.6 Å². The molecule has 1 aliphatic heterocycles. The average Bonchev–Trinajstić information content (AvgIpc) is 2.61. The molecule has 1 N–H and O–H groups in total. The third kappa shape index (κ3) is 3.83. The molecule has 4 heteroatoms. The molecular formula is C20H24FNO2. The second kappa shape index (κ2) is 7.43. The minimum atomic E-state index is -1.09. The van der Waals surface area contributed by atoms with Crippen LogP contribution in [-0.4, -0.2) is 42.9 Å². The third-order valence-electron chi connectivity index (χ3n) is 4.85. The number of nitrogens with zero attached hydrogens (tertiary/aromatic N) is 1. The summed E-state index contributed by atoms with van der Waals surface area (Å²) < 4.78 is 18.7. The predicted molar refractivity (Wildman–Crippen MR) is 92.4 cm³/mol. The molecule has 1 heterocycles. The number of morpholine rings is 1. The first-order valence-corrected chi connectivity index (χ1v) is 8.41. The number of rotatable bonds is 5. The minimum Gasteiger partial charge on any atom is -0.385 e. The van der Waals surface area contributed by atoms with Gasteiger partial charge in [-0.25, -0.2) is 4.39 Å². The van der Waals surface area contributed by atoms with E-state index < -0.39 is 5.60 Å². The molecule has 2 atom stereocenters. The van der Waals surface area contributed by atoms with E-state index in [1.54, 1.807) is 12.1 Å². The number of ether oxygens (including phenoxy) is 1. The van der Waals surface area contributed by atoms with Gasteiger partial charge >= 0.3 is 0 Å². The van der Waals surface area contributed by atoms with E-state index in [1.165, 1.54) is 12.1 Å². The lowest BCUT2D eigenvalue weighted by atomic mass is 9.78. The van der Waals surface area contributed by atoms with Crippen LogP contribution in [0.1, 0.15) is 24.0 Å². The monoisotopic (exact) mass is 329 g/mol. The molecule has 0 aromatic heterocycles. The Balaban J connectivity index is 1.91. The molecule has 2 aromatic carbocycles. The van der Waals surface area contributed by atoms with Gasteiger partial charge in [0.05, 0.1) is 18.8 Å². The highest BCUT2D eigenvalue weighted by molar-refractivity contribution is 5.31. The maximum Gasteiger partial charge on any atom is 0.123 e. The second-order valence-corrected chi connectivity index (χ2v) is 6.53. The molecule has 0 saturated carbocycles. The second-order valence-electron chi connectivity index (χ2n) is 6.53. The van der Waals surface area contributed by atoms with Crippen molar-refractivity contribution in [2.45, 2.75) is 18.4 Å². The Labute approximate surface area is 142 Å². The molecule has 3 nitrogen and oxygen atoms in total. The van der Waals surface area contributed by atoms with E-state index >= 15 is 0 Å². The van der Waals surface area contributed by atoms with Crippen LogP contribution in [0.5, 0.6) is 0 Å². The van der Waals surface area contributed by atoms with Crippen molar-refractivity contribution in [3.63, 3.8) is 0 Å². The maximum absolute atomic E-state index is 13.3. The summed E-state index contributed by atoms with van der Waals surface area (Å²) in [5, 5.41) is 11.3. The molecule has 3 rings (SSSR count). The van der Waals surface area contributed by atoms with Crippen LogP contribution in [0.15, 0.2) is 54.6 Å². The molecule has 1 fully saturated rings. The molecule has 1 aliphatic rings. The van der Waals surface area contributed by atoms with Gasteiger partial charge in [-0.05, 0) is 30.2 Å². The molecule has 0 spiro atoms. The fourth-order valence-electron chi connectivity index (χ4n) is 3.32. The highest BCUT2D eigenvalue weighted by Gasteiger charge is 2.36. The van der Waals surface area contributed by atoms with Gasteiger partial charge < -0.3 is 9.84 Å². The van der Waals surface area contributed by atoms with E-state index in [9.17, 15) is 9.50 Å². The number of hydrogen-bond acceptors (Lipinski definition) is 3. The van der Waals surface area contributed by atoms with Gasteiger partial charge in [-0.1, -0.05) is 42.5 Å². The van der Waals surface area contributed by atoms with Gasteiger partial charge in [0.1, 0.15) is 5.82 Å². The summed E-state index contributed by atoms with van der Waals surface area (Å²) in [6.45, 7) is 5.72. The lowest BCUT2D eigenvalue weighted by Gasteiger charge is -2.38. The Kier molecular flexibility index (Phi) is 5.29. The summed E-state index contributed by atoms with van der Waals surface area (Å²) in [4.78, 5) is 2.32. The topological polar surface area (TPSA) is 32.7 Å². The Morgan fingerprint density at radius 3 is 2.33 bits per heavy atom. The summed E-state index contributed by atoms with van der Waals surface area (Å²) >= 11 is 0. The SMILES string of the molecule is CC(O)(c1ccc(F)cc1)C(CN1CCOCC1)c1ccccc1. The van der Waals surface area contributed by atoms with Crippen molar-refractivity contribution >= 4 is 0 Å². The van der Waals surface area contributed by atoms with Crippen LogP contribution >= 0.6 is 0 Å². The first kappa shape index (κ1) is 17.1. The third-order valence-corrected chi connectivity index (χ3v) is 4.85. The largest absolute Gasteiger partial charge is 0.385 e. The van der Waals surface area contributed by atoms with Crippen molar-refractivity contribution in [1.29, 1.82) is 0 Å². The standard InChI is InChI=1S/C20H24FNO2/c1-20(23,17-7-9-18(21)10-8-17)19(16-5-3-2-4-6-16)15-22-11-13-24-14-12-22/h2-10,19,23H,11-15H2,1H3. The maximum atomic E-state index is 13.3. The van der Waals surface area contributed by atoms with Gasteiger partial charge in [0.25, 0.3) is 0 Å². The summed E-state index contributed by atoms with van der Waals surface area (Å²) in [6, 6.07) is 16.2. The Morgan fingerprint density at radius 2 is 1.71 bits per heavy atom. The Bertz CT molecular complexity index is 636. The Morgan fingerprint density at radius 1 is 1.08 bits per heavy atom. The molecule has 24 heavy (non-hydrogen) atoms. The lowest BCUT2D eigenvalue weighted by Crippen LogP contribution is -2.43. The van der Waals surface area contributed by atoms with Crippen LogP contribution in [0.4, 0.5) is 4.39 Å². The minimum absolute atomic E-state index is 0.109. The van der Waals surface area contributed by atoms with E-state index in [-0.39, 0.29) is 11.7 Å². The van der Waals surface area contributed by atoms with Crippen molar-refractivity contribution in [2.24, 2.45) is 0 Å². The Hall–Kier alpha value is -1.75. The van der Waals surface area contributed by atoms with Crippen molar-refractivity contribution < 1.29 is 14.2 Å². The molecule has 128 valence electrons. The van der Waals surface area contributed by atoms with E-state index in [0.29, 0.717) is 0 Å². The fraction of sp³-hybridized carbons (Fsp3) is 0.400. The van der Waals surface area contributed by atoms with E-state index in [4.69, 9.17) is 4.74 Å². The van der Waals surface area contributed by atoms with Crippen molar-refractivity contribution in [3.05, 3.63) is 71.5 Å². The van der Waals surface area contributed by atoms with Gasteiger partial charge in [-0.2, -0.15) is 0 Å². The normalized spacial score (nSPS) is 19.6. The predicted octanol–water partition coefficient (Wildman–Crippen LogP) is 3.15. The molecule has 0 aliphatic carbocycles. The van der Waals surface area contributed by atoms with Crippen LogP contribution in [0, 0.1) is 5.82 Å². The summed E-state index contributed by atoms with van der Waals surface area (Å²) in [5.74, 6) is -0.402. The zero-order valence-electron chi connectivity index (χ0n) is 14.0. The molecule has 0 radical (unpaired) electrons. The van der Waals surface area contributed by atoms with Crippen LogP contribution in [0.25, 0.3) is 0 Å². The molecule has 2 unspecified atom stereocenters. The fourth-order valence-corrected chi connectivity index (χ4v) is 3.32. The average molecular weight is 329 g/mol. The zero-order chi connectivity index (χ0) is 17.0. The van der Waals surface area contributed by atoms with Crippen LogP contribution in [0.3, 0.4) is 0 Å². The molecular weight excluding hydrogens is 305 g/mol. The summed E-state index contributed by atoms with van der Waals surface area (Å²) in [7, 11) is 0. The number of hydrogen-bond donors (Lipinski definition) is 1. The summed E-state index contributed by atoms with van der Waals surface area (Å²) in [5.41, 5.74) is 0.720. The number of halogens is 1. The molecule has 2 aromatic rings. The van der Waals surface area contributed by atoms with E-state index in [2.05, 4.69) is 4.90 Å². The highest BCUT2D eigenvalue weighted by Crippen LogP contribution is 2.37. The van der Waals surface area contributed by atoms with Gasteiger partial charge in [-0.3, -0.25) is 4.90 Å². The molecule has 0 bridgehead atoms. The quantitative estimate of drug-likeness (QED) is 0.915. The molecule has 1 saturated heterocycles. The van der Waals surface area contributed by atoms with E-state index in [0.717, 1.165) is 44.0 Å². The number of benzene rings is 2. The number of aliphatic hydroxyl groups is 1. The molecule has 0 amide bonds. The van der Waals surface area contributed by atoms with Crippen molar-refractivity contribution in [2.75, 3.05) is 32.8 Å². The van der Waals surface area contributed by atoms with Gasteiger partial charge in [0.15, 0.2) is 0 Å². The highest BCUT2D eigenvalue weighted by atomic mass is 19.1. The van der Waals surface area contributed by atoms with Crippen molar-refractivity contribution in [1.82, 2.24) is 4.90 Å². The van der Waals surface area contributed by atoms with Crippen LogP contribution < -0.4 is 0 Å². The van der Waals surface area contributed by atoms with Crippen molar-refractivity contribution in [3.8, 4) is 0 Å². The first-order chi connectivity index (χ1) is 11.6. The van der Waals surface area contributed by atoms with Crippen LogP contribution in [-0.2, 0) is 10.3 Å².